The SMILES string of the molecule is CN1CC[C@H]2Nc3cccn4c(SC(F)(F)F)c(nc34)C#CCNC(=O)c3cnn(c3F)CCOCCOCC[C@H]2C1. The first-order chi connectivity index (χ1) is 20.2. The molecular formula is C27H31F4N7O3S. The van der Waals surface area contributed by atoms with E-state index in [0.717, 1.165) is 36.8 Å². The fraction of sp³-hybridized carbons (Fsp3) is 0.519. The van der Waals surface area contributed by atoms with Gasteiger partial charge in [0.2, 0.25) is 5.95 Å². The number of amides is 1. The molecule has 3 aromatic heterocycles. The smallest absolute Gasteiger partial charge is 0.379 e. The number of pyridine rings is 1. The van der Waals surface area contributed by atoms with Crippen molar-refractivity contribution in [2.45, 2.75) is 36.0 Å². The minimum Gasteiger partial charge on any atom is -0.379 e. The van der Waals surface area contributed by atoms with Crippen molar-refractivity contribution in [2.75, 3.05) is 58.4 Å². The van der Waals surface area contributed by atoms with Crippen LogP contribution >= 0.6 is 11.8 Å². The van der Waals surface area contributed by atoms with Gasteiger partial charge in [-0.05, 0) is 50.4 Å². The largest absolute Gasteiger partial charge is 0.447 e. The normalized spacial score (nSPS) is 21.7. The van der Waals surface area contributed by atoms with E-state index in [1.807, 2.05) is 0 Å². The fourth-order valence-electron chi connectivity index (χ4n) is 5.08. The number of hydrogen-bond acceptors (Lipinski definition) is 8. The van der Waals surface area contributed by atoms with Crippen molar-refractivity contribution in [3.05, 3.63) is 41.7 Å². The van der Waals surface area contributed by atoms with Gasteiger partial charge in [0.15, 0.2) is 5.65 Å². The van der Waals surface area contributed by atoms with Crippen LogP contribution in [0, 0.1) is 23.7 Å². The molecule has 226 valence electrons. The van der Waals surface area contributed by atoms with Gasteiger partial charge in [-0.25, -0.2) is 9.67 Å². The van der Waals surface area contributed by atoms with Crippen molar-refractivity contribution in [3.63, 3.8) is 0 Å². The topological polar surface area (TPSA) is 98.0 Å². The predicted octanol–water partition coefficient (Wildman–Crippen LogP) is 3.23. The maximum Gasteiger partial charge on any atom is 0.447 e. The van der Waals surface area contributed by atoms with Crippen molar-refractivity contribution in [1.29, 1.82) is 0 Å². The maximum absolute atomic E-state index is 14.7. The van der Waals surface area contributed by atoms with Crippen LogP contribution in [0.3, 0.4) is 0 Å². The molecule has 2 atom stereocenters. The molecule has 5 heterocycles. The molecule has 10 nitrogen and oxygen atoms in total. The Bertz CT molecular complexity index is 1470. The second kappa shape index (κ2) is 13.3. The average molecular weight is 610 g/mol. The van der Waals surface area contributed by atoms with E-state index in [1.54, 1.807) is 12.1 Å². The highest BCUT2D eigenvalue weighted by atomic mass is 32.2. The number of thioether (sulfide) groups is 1. The maximum atomic E-state index is 14.7. The molecule has 0 unspecified atom stereocenters. The summed E-state index contributed by atoms with van der Waals surface area (Å²) in [6.45, 7) is 2.96. The van der Waals surface area contributed by atoms with Gasteiger partial charge in [-0.3, -0.25) is 9.20 Å². The number of nitrogens with one attached hydrogen (secondary N) is 2. The van der Waals surface area contributed by atoms with Gasteiger partial charge in [-0.2, -0.15) is 22.7 Å². The number of likely N-dealkylation sites (tertiary alicyclic amines) is 1. The average Bonchev–Trinajstić information content (AvgIpc) is 3.48. The molecule has 0 radical (unpaired) electrons. The fourth-order valence-corrected chi connectivity index (χ4v) is 5.74. The van der Waals surface area contributed by atoms with E-state index in [1.165, 1.54) is 10.6 Å². The van der Waals surface area contributed by atoms with Crippen molar-refractivity contribution < 1.29 is 31.8 Å². The summed E-state index contributed by atoms with van der Waals surface area (Å²) in [4.78, 5) is 19.2. The van der Waals surface area contributed by atoms with E-state index < -0.39 is 17.4 Å². The molecule has 2 N–H and O–H groups in total. The summed E-state index contributed by atoms with van der Waals surface area (Å²) in [6.07, 6.45) is 4.23. The Hall–Kier alpha value is -3.32. The van der Waals surface area contributed by atoms with Gasteiger partial charge >= 0.3 is 5.51 Å². The zero-order valence-electron chi connectivity index (χ0n) is 22.9. The molecule has 1 fully saturated rings. The molecule has 2 aliphatic rings. The highest BCUT2D eigenvalue weighted by Gasteiger charge is 2.34. The lowest BCUT2D eigenvalue weighted by atomic mass is 9.89. The van der Waals surface area contributed by atoms with Crippen LogP contribution in [-0.4, -0.2) is 94.6 Å². The molecular weight excluding hydrogens is 578 g/mol. The number of halogens is 4. The number of piperidine rings is 1. The van der Waals surface area contributed by atoms with Crippen LogP contribution in [0.25, 0.3) is 5.65 Å². The third-order valence-corrected chi connectivity index (χ3v) is 7.93. The predicted molar refractivity (Wildman–Crippen MR) is 148 cm³/mol. The van der Waals surface area contributed by atoms with E-state index in [-0.39, 0.29) is 59.7 Å². The molecule has 5 rings (SSSR count). The van der Waals surface area contributed by atoms with Crippen molar-refractivity contribution in [3.8, 4) is 11.8 Å². The molecule has 4 bridgehead atoms. The highest BCUT2D eigenvalue weighted by Crippen LogP contribution is 2.39. The molecule has 0 spiro atoms. The quantitative estimate of drug-likeness (QED) is 0.247. The third kappa shape index (κ3) is 7.35. The minimum absolute atomic E-state index is 0.0581. The summed E-state index contributed by atoms with van der Waals surface area (Å²) in [5.74, 6) is 3.96. The van der Waals surface area contributed by atoms with Crippen LogP contribution in [0.1, 0.15) is 28.9 Å². The van der Waals surface area contributed by atoms with E-state index in [2.05, 4.69) is 44.5 Å². The first-order valence-electron chi connectivity index (χ1n) is 13.6. The molecule has 2 aliphatic heterocycles. The number of hydrogen-bond donors (Lipinski definition) is 2. The summed E-state index contributed by atoms with van der Waals surface area (Å²) in [6, 6.07) is 3.52. The Morgan fingerprint density at radius 2 is 1.95 bits per heavy atom. The molecule has 3 aromatic rings. The van der Waals surface area contributed by atoms with Crippen LogP contribution < -0.4 is 10.6 Å². The zero-order valence-corrected chi connectivity index (χ0v) is 23.7. The number of aromatic nitrogens is 4. The van der Waals surface area contributed by atoms with E-state index in [0.29, 0.717) is 31.2 Å². The molecule has 0 aliphatic carbocycles. The summed E-state index contributed by atoms with van der Waals surface area (Å²) >= 11 is -0.302. The second-order valence-corrected chi connectivity index (χ2v) is 11.1. The summed E-state index contributed by atoms with van der Waals surface area (Å²) in [5.41, 5.74) is -4.01. The number of alkyl halides is 3. The number of ether oxygens (including phenoxy) is 2. The number of imidazole rings is 1. The summed E-state index contributed by atoms with van der Waals surface area (Å²) in [5, 5.41) is 9.71. The van der Waals surface area contributed by atoms with E-state index >= 15 is 0 Å². The number of fused-ring (bicyclic) bond motifs is 4. The van der Waals surface area contributed by atoms with Crippen molar-refractivity contribution in [1.82, 2.24) is 29.4 Å². The lowest BCUT2D eigenvalue weighted by Crippen LogP contribution is -2.45. The Morgan fingerprint density at radius 1 is 1.14 bits per heavy atom. The molecule has 0 saturated carbocycles. The second-order valence-electron chi connectivity index (χ2n) is 10.1. The molecule has 0 aromatic carbocycles. The van der Waals surface area contributed by atoms with Gasteiger partial charge in [0, 0.05) is 37.2 Å². The van der Waals surface area contributed by atoms with Crippen molar-refractivity contribution >= 4 is 29.0 Å². The molecule has 15 heteroatoms. The molecule has 1 saturated heterocycles. The number of nitrogens with zero attached hydrogens (tertiary/aromatic N) is 5. The molecule has 1 amide bonds. The molecule has 42 heavy (non-hydrogen) atoms. The lowest BCUT2D eigenvalue weighted by molar-refractivity contribution is -0.0330. The minimum atomic E-state index is -4.58. The van der Waals surface area contributed by atoms with Gasteiger partial charge in [0.1, 0.15) is 16.3 Å². The Kier molecular flexibility index (Phi) is 9.57. The number of rotatable bonds is 1. The third-order valence-electron chi connectivity index (χ3n) is 7.11. The van der Waals surface area contributed by atoms with E-state index in [9.17, 15) is 22.4 Å². The van der Waals surface area contributed by atoms with Gasteiger partial charge < -0.3 is 25.0 Å². The van der Waals surface area contributed by atoms with Gasteiger partial charge in [-0.1, -0.05) is 5.92 Å². The van der Waals surface area contributed by atoms with Crippen LogP contribution in [0.2, 0.25) is 0 Å². The number of carbonyl (C=O) groups excluding carboxylic acids is 1. The van der Waals surface area contributed by atoms with Crippen LogP contribution in [0.5, 0.6) is 0 Å². The summed E-state index contributed by atoms with van der Waals surface area (Å²) in [7, 11) is 2.06. The Morgan fingerprint density at radius 3 is 2.76 bits per heavy atom. The van der Waals surface area contributed by atoms with Gasteiger partial charge in [-0.15, -0.1) is 0 Å². The highest BCUT2D eigenvalue weighted by molar-refractivity contribution is 8.00. The first-order valence-corrected chi connectivity index (χ1v) is 14.4. The van der Waals surface area contributed by atoms with Crippen LogP contribution in [0.15, 0.2) is 29.6 Å². The van der Waals surface area contributed by atoms with Gasteiger partial charge in [0.05, 0.1) is 44.8 Å². The lowest BCUT2D eigenvalue weighted by Gasteiger charge is -2.37. The van der Waals surface area contributed by atoms with Gasteiger partial charge in [0.25, 0.3) is 5.91 Å². The summed E-state index contributed by atoms with van der Waals surface area (Å²) < 4.78 is 69.1. The van der Waals surface area contributed by atoms with E-state index in [4.69, 9.17) is 9.47 Å². The van der Waals surface area contributed by atoms with Crippen LogP contribution in [-0.2, 0) is 16.0 Å². The van der Waals surface area contributed by atoms with Crippen molar-refractivity contribution in [2.24, 2.45) is 5.92 Å². The first kappa shape index (κ1) is 30.1. The number of anilines is 1. The Balaban J connectivity index is 1.46. The number of carbonyl (C=O) groups is 1. The monoisotopic (exact) mass is 609 g/mol. The van der Waals surface area contributed by atoms with Crippen LogP contribution in [0.4, 0.5) is 23.2 Å². The standard InChI is InChI=1S/C27H31F4N7O3S/c1-36-10-6-20-18(17-36)7-12-40-14-15-41-13-11-38-23(28)19(16-33-38)25(39)32-8-2-4-22-26(42-27(29,30)31)37-9-3-5-21(34-20)24(37)35-22/h3,5,9,16,18,20,34H,6-8,10-15,17H2,1H3,(H,32,39)/t18-,20+/m0/s1. The zero-order chi connectivity index (χ0) is 29.7. The Labute approximate surface area is 244 Å².